The summed E-state index contributed by atoms with van der Waals surface area (Å²) in [6.45, 7) is 0.520. The van der Waals surface area contributed by atoms with Gasteiger partial charge in [-0.2, -0.15) is 0 Å². The van der Waals surface area contributed by atoms with Crippen molar-refractivity contribution in [3.8, 4) is 0 Å². The highest BCUT2D eigenvalue weighted by atomic mass is 32.1. The maximum atomic E-state index is 13.5. The fraction of sp³-hybridized carbons (Fsp3) is 0.188. The lowest BCUT2D eigenvalue weighted by atomic mass is 10.2. The number of nitrogens with zero attached hydrogens (tertiary/aromatic N) is 1. The molecule has 0 aliphatic heterocycles. The van der Waals surface area contributed by atoms with Crippen LogP contribution in [0.15, 0.2) is 24.3 Å². The van der Waals surface area contributed by atoms with Gasteiger partial charge in [0.05, 0.1) is 17.2 Å². The lowest BCUT2D eigenvalue weighted by molar-refractivity contribution is -0.380. The third-order valence-electron chi connectivity index (χ3n) is 3.36. The average Bonchev–Trinajstić information content (AvgIpc) is 3.17. The molecule has 0 aliphatic rings. The van der Waals surface area contributed by atoms with E-state index in [4.69, 9.17) is 4.74 Å². The fourth-order valence-electron chi connectivity index (χ4n) is 1.94. The van der Waals surface area contributed by atoms with Crippen molar-refractivity contribution < 1.29 is 37.2 Å². The zero-order valence-electron chi connectivity index (χ0n) is 14.5. The van der Waals surface area contributed by atoms with E-state index in [1.807, 2.05) is 5.32 Å². The zero-order chi connectivity index (χ0) is 21.7. The number of nitrogens with one attached hydrogen (secondary N) is 2. The third-order valence-corrected chi connectivity index (χ3v) is 4.38. The Balaban J connectivity index is 1.86. The molecular formula is C16H12F3N3O6S. The van der Waals surface area contributed by atoms with Crippen LogP contribution in [0, 0.1) is 27.6 Å². The number of ether oxygens (including phenoxy) is 1. The molecule has 0 spiro atoms. The Hall–Kier alpha value is -3.48. The van der Waals surface area contributed by atoms with Crippen molar-refractivity contribution in [2.24, 2.45) is 0 Å². The summed E-state index contributed by atoms with van der Waals surface area (Å²) in [4.78, 5) is 45.3. The van der Waals surface area contributed by atoms with Gasteiger partial charge in [-0.15, -0.1) is 0 Å². The maximum Gasteiger partial charge on any atom is 0.349 e. The second kappa shape index (κ2) is 9.14. The van der Waals surface area contributed by atoms with Crippen LogP contribution in [0.25, 0.3) is 0 Å². The molecule has 0 saturated carbocycles. The van der Waals surface area contributed by atoms with Crippen LogP contribution in [-0.2, 0) is 14.3 Å². The van der Waals surface area contributed by atoms with Crippen LogP contribution in [0.2, 0.25) is 0 Å². The number of amides is 2. The van der Waals surface area contributed by atoms with Gasteiger partial charge in [-0.3, -0.25) is 19.7 Å². The number of benzene rings is 1. The minimum Gasteiger partial charge on any atom is -0.448 e. The summed E-state index contributed by atoms with van der Waals surface area (Å²) in [5.74, 6) is -7.60. The van der Waals surface area contributed by atoms with Crippen molar-refractivity contribution in [2.45, 2.75) is 13.0 Å². The lowest BCUT2D eigenvalue weighted by Gasteiger charge is -2.13. The molecule has 0 fully saturated rings. The van der Waals surface area contributed by atoms with Gasteiger partial charge in [0.1, 0.15) is 4.88 Å². The van der Waals surface area contributed by atoms with Crippen LogP contribution in [0.1, 0.15) is 16.6 Å². The Morgan fingerprint density at radius 3 is 2.48 bits per heavy atom. The van der Waals surface area contributed by atoms with Crippen LogP contribution < -0.4 is 10.6 Å². The first-order valence-corrected chi connectivity index (χ1v) is 8.58. The molecule has 2 amide bonds. The van der Waals surface area contributed by atoms with Crippen LogP contribution in [-0.4, -0.2) is 35.4 Å². The standard InChI is InChI=1S/C16H12F3N3O6S/c1-7(28-16(25)10-4-5-12(29-10)22(26)27)15(24)20-6-11(23)21-9-3-2-8(17)13(18)14(9)19/h2-5,7H,6H2,1H3,(H,20,24)(H,21,23). The summed E-state index contributed by atoms with van der Waals surface area (Å²) in [5.41, 5.74) is -0.623. The minimum absolute atomic E-state index is 0.0945. The fourth-order valence-corrected chi connectivity index (χ4v) is 2.64. The first kappa shape index (κ1) is 21.8. The zero-order valence-corrected chi connectivity index (χ0v) is 15.3. The van der Waals surface area contributed by atoms with E-state index in [-0.39, 0.29) is 9.88 Å². The molecule has 0 aliphatic carbocycles. The van der Waals surface area contributed by atoms with Gasteiger partial charge < -0.3 is 15.4 Å². The van der Waals surface area contributed by atoms with Crippen molar-refractivity contribution >= 4 is 39.8 Å². The van der Waals surface area contributed by atoms with E-state index in [1.54, 1.807) is 0 Å². The molecule has 2 aromatic rings. The number of carbonyl (C=O) groups excluding carboxylic acids is 3. The summed E-state index contributed by atoms with van der Waals surface area (Å²) in [6.07, 6.45) is -1.35. The van der Waals surface area contributed by atoms with Crippen molar-refractivity contribution in [1.29, 1.82) is 0 Å². The Bertz CT molecular complexity index is 981. The molecule has 154 valence electrons. The highest BCUT2D eigenvalue weighted by molar-refractivity contribution is 7.17. The summed E-state index contributed by atoms with van der Waals surface area (Å²) in [6, 6.07) is 3.69. The monoisotopic (exact) mass is 431 g/mol. The van der Waals surface area contributed by atoms with Crippen LogP contribution >= 0.6 is 11.3 Å². The number of esters is 1. The summed E-state index contributed by atoms with van der Waals surface area (Å²) in [5, 5.41) is 14.4. The van der Waals surface area contributed by atoms with Gasteiger partial charge in [-0.05, 0) is 25.1 Å². The molecule has 1 atom stereocenters. The summed E-state index contributed by atoms with van der Waals surface area (Å²) in [7, 11) is 0. The Kier molecular flexibility index (Phi) is 6.88. The minimum atomic E-state index is -1.76. The molecule has 1 heterocycles. The summed E-state index contributed by atoms with van der Waals surface area (Å²) >= 11 is 0.563. The van der Waals surface area contributed by atoms with Gasteiger partial charge in [0, 0.05) is 6.07 Å². The maximum absolute atomic E-state index is 13.5. The smallest absolute Gasteiger partial charge is 0.349 e. The van der Waals surface area contributed by atoms with E-state index in [0.29, 0.717) is 17.4 Å². The van der Waals surface area contributed by atoms with Gasteiger partial charge >= 0.3 is 11.0 Å². The molecule has 0 radical (unpaired) electrons. The number of hydrogen-bond donors (Lipinski definition) is 2. The predicted octanol–water partition coefficient (Wildman–Crippen LogP) is 2.37. The number of halogens is 3. The normalized spacial score (nSPS) is 11.4. The molecule has 0 bridgehead atoms. The molecule has 0 saturated heterocycles. The van der Waals surface area contributed by atoms with Crippen molar-refractivity contribution in [3.05, 3.63) is 56.7 Å². The number of carbonyl (C=O) groups is 3. The first-order valence-electron chi connectivity index (χ1n) is 7.76. The average molecular weight is 431 g/mol. The number of anilines is 1. The highest BCUT2D eigenvalue weighted by Gasteiger charge is 2.23. The topological polar surface area (TPSA) is 128 Å². The van der Waals surface area contributed by atoms with Crippen molar-refractivity contribution in [2.75, 3.05) is 11.9 Å². The lowest BCUT2D eigenvalue weighted by Crippen LogP contribution is -2.40. The number of hydrogen-bond acceptors (Lipinski definition) is 7. The van der Waals surface area contributed by atoms with Crippen molar-refractivity contribution in [3.63, 3.8) is 0 Å². The summed E-state index contributed by atoms with van der Waals surface area (Å²) < 4.78 is 44.3. The SMILES string of the molecule is CC(OC(=O)c1ccc([N+](=O)[O-])s1)C(=O)NCC(=O)Nc1ccc(F)c(F)c1F. The van der Waals surface area contributed by atoms with E-state index in [1.165, 1.54) is 13.0 Å². The van der Waals surface area contributed by atoms with E-state index >= 15 is 0 Å². The Labute approximate surface area is 164 Å². The highest BCUT2D eigenvalue weighted by Crippen LogP contribution is 2.24. The Morgan fingerprint density at radius 2 is 1.86 bits per heavy atom. The predicted molar refractivity (Wildman–Crippen MR) is 93.8 cm³/mol. The largest absolute Gasteiger partial charge is 0.448 e. The van der Waals surface area contributed by atoms with Crippen LogP contribution in [0.4, 0.5) is 23.9 Å². The number of thiophene rings is 1. The second-order valence-electron chi connectivity index (χ2n) is 5.43. The van der Waals surface area contributed by atoms with Gasteiger partial charge in [0.2, 0.25) is 5.91 Å². The molecule has 29 heavy (non-hydrogen) atoms. The van der Waals surface area contributed by atoms with Gasteiger partial charge in [-0.1, -0.05) is 11.3 Å². The number of nitro groups is 1. The third kappa shape index (κ3) is 5.51. The first-order chi connectivity index (χ1) is 13.6. The van der Waals surface area contributed by atoms with E-state index < -0.39 is 58.5 Å². The second-order valence-corrected chi connectivity index (χ2v) is 6.49. The van der Waals surface area contributed by atoms with Gasteiger partial charge in [-0.25, -0.2) is 18.0 Å². The number of rotatable bonds is 7. The van der Waals surface area contributed by atoms with E-state index in [2.05, 4.69) is 5.32 Å². The van der Waals surface area contributed by atoms with Gasteiger partial charge in [0.15, 0.2) is 23.6 Å². The van der Waals surface area contributed by atoms with E-state index in [9.17, 15) is 37.7 Å². The van der Waals surface area contributed by atoms with Crippen LogP contribution in [0.5, 0.6) is 0 Å². The molecule has 1 aromatic heterocycles. The molecule has 9 nitrogen and oxygen atoms in total. The molecule has 1 unspecified atom stereocenters. The van der Waals surface area contributed by atoms with E-state index in [0.717, 1.165) is 12.1 Å². The molecular weight excluding hydrogens is 419 g/mol. The Morgan fingerprint density at radius 1 is 1.17 bits per heavy atom. The molecule has 1 aromatic carbocycles. The van der Waals surface area contributed by atoms with Gasteiger partial charge in [0.25, 0.3) is 5.91 Å². The molecule has 2 rings (SSSR count). The molecule has 13 heteroatoms. The van der Waals surface area contributed by atoms with Crippen molar-refractivity contribution in [1.82, 2.24) is 5.32 Å². The molecule has 2 N–H and O–H groups in total. The van der Waals surface area contributed by atoms with Crippen LogP contribution in [0.3, 0.4) is 0 Å². The quantitative estimate of drug-likeness (QED) is 0.300.